The molecule has 0 aromatic heterocycles. The third-order valence-corrected chi connectivity index (χ3v) is 6.07. The van der Waals surface area contributed by atoms with Crippen LogP contribution in [0, 0.1) is 17.7 Å². The average Bonchev–Trinajstić information content (AvgIpc) is 3.17. The predicted molar refractivity (Wildman–Crippen MR) is 106 cm³/mol. The minimum absolute atomic E-state index is 0.0217. The number of amides is 1. The second kappa shape index (κ2) is 10.2. The molecule has 1 saturated heterocycles. The number of halogens is 1. The van der Waals surface area contributed by atoms with Crippen LogP contribution in [0.5, 0.6) is 0 Å². The largest absolute Gasteiger partial charge is 0.382 e. The summed E-state index contributed by atoms with van der Waals surface area (Å²) in [5.41, 5.74) is 1.22. The number of rotatable bonds is 8. The van der Waals surface area contributed by atoms with Crippen LogP contribution in [0.15, 0.2) is 18.2 Å². The van der Waals surface area contributed by atoms with E-state index in [4.69, 9.17) is 4.74 Å². The van der Waals surface area contributed by atoms with E-state index in [0.29, 0.717) is 42.7 Å². The summed E-state index contributed by atoms with van der Waals surface area (Å²) in [5, 5.41) is 6.30. The van der Waals surface area contributed by atoms with Gasteiger partial charge in [0.2, 0.25) is 5.91 Å². The molecule has 0 bridgehead atoms. The number of nitrogens with one attached hydrogen (secondary N) is 2. The number of ether oxygens (including phenoxy) is 1. The SMILES string of the molecule is CCOCCCc1ccc(NC(=O)[C@H]2NCC[C@H]2C2CCCCC2)cc1F. The normalized spacial score (nSPS) is 23.5. The quantitative estimate of drug-likeness (QED) is 0.666. The highest BCUT2D eigenvalue weighted by Gasteiger charge is 2.38. The smallest absolute Gasteiger partial charge is 0.241 e. The van der Waals surface area contributed by atoms with E-state index in [2.05, 4.69) is 10.6 Å². The number of anilines is 1. The van der Waals surface area contributed by atoms with E-state index >= 15 is 0 Å². The second-order valence-electron chi connectivity index (χ2n) is 7.88. The molecule has 1 aromatic carbocycles. The Bertz CT molecular complexity index is 616. The van der Waals surface area contributed by atoms with Crippen LogP contribution in [0.1, 0.15) is 57.4 Å². The second-order valence-corrected chi connectivity index (χ2v) is 7.88. The summed E-state index contributed by atoms with van der Waals surface area (Å²) in [5.74, 6) is 0.779. The van der Waals surface area contributed by atoms with Crippen molar-refractivity contribution in [2.75, 3.05) is 25.1 Å². The number of hydrogen-bond acceptors (Lipinski definition) is 3. The van der Waals surface area contributed by atoms with Gasteiger partial charge < -0.3 is 15.4 Å². The Morgan fingerprint density at radius 3 is 2.81 bits per heavy atom. The fourth-order valence-electron chi connectivity index (χ4n) is 4.64. The number of benzene rings is 1. The first-order valence-corrected chi connectivity index (χ1v) is 10.6. The molecule has 2 atom stereocenters. The van der Waals surface area contributed by atoms with Crippen LogP contribution < -0.4 is 10.6 Å². The Morgan fingerprint density at radius 1 is 1.26 bits per heavy atom. The molecule has 27 heavy (non-hydrogen) atoms. The molecule has 1 aromatic rings. The van der Waals surface area contributed by atoms with E-state index in [-0.39, 0.29) is 17.8 Å². The van der Waals surface area contributed by atoms with E-state index < -0.39 is 0 Å². The molecule has 2 N–H and O–H groups in total. The van der Waals surface area contributed by atoms with Gasteiger partial charge in [0.1, 0.15) is 5.82 Å². The van der Waals surface area contributed by atoms with Crippen LogP contribution in [0.25, 0.3) is 0 Å². The molecular formula is C22H33FN2O2. The van der Waals surface area contributed by atoms with Crippen molar-refractivity contribution < 1.29 is 13.9 Å². The Hall–Kier alpha value is -1.46. The highest BCUT2D eigenvalue weighted by Crippen LogP contribution is 2.36. The molecule has 0 unspecified atom stereocenters. The van der Waals surface area contributed by atoms with Crippen LogP contribution >= 0.6 is 0 Å². The lowest BCUT2D eigenvalue weighted by atomic mass is 9.76. The van der Waals surface area contributed by atoms with Crippen molar-refractivity contribution in [1.82, 2.24) is 5.32 Å². The fourth-order valence-corrected chi connectivity index (χ4v) is 4.64. The molecule has 0 spiro atoms. The zero-order valence-electron chi connectivity index (χ0n) is 16.4. The minimum Gasteiger partial charge on any atom is -0.382 e. The highest BCUT2D eigenvalue weighted by atomic mass is 19.1. The number of aryl methyl sites for hydroxylation is 1. The summed E-state index contributed by atoms with van der Waals surface area (Å²) in [6.07, 6.45) is 8.87. The molecule has 1 saturated carbocycles. The van der Waals surface area contributed by atoms with E-state index in [1.807, 2.05) is 13.0 Å². The summed E-state index contributed by atoms with van der Waals surface area (Å²) >= 11 is 0. The predicted octanol–water partition coefficient (Wildman–Crippen LogP) is 4.29. The van der Waals surface area contributed by atoms with Crippen LogP contribution in [0.3, 0.4) is 0 Å². The van der Waals surface area contributed by atoms with E-state index in [0.717, 1.165) is 19.4 Å². The van der Waals surface area contributed by atoms with Crippen molar-refractivity contribution in [3.8, 4) is 0 Å². The van der Waals surface area contributed by atoms with Crippen molar-refractivity contribution in [2.24, 2.45) is 11.8 Å². The Morgan fingerprint density at radius 2 is 2.07 bits per heavy atom. The Balaban J connectivity index is 1.56. The van der Waals surface area contributed by atoms with Crippen molar-refractivity contribution in [3.05, 3.63) is 29.6 Å². The summed E-state index contributed by atoms with van der Waals surface area (Å²) in [6, 6.07) is 4.87. The Kier molecular flexibility index (Phi) is 7.65. The average molecular weight is 377 g/mol. The van der Waals surface area contributed by atoms with Gasteiger partial charge in [0.05, 0.1) is 6.04 Å². The van der Waals surface area contributed by atoms with Gasteiger partial charge in [-0.3, -0.25) is 4.79 Å². The number of carbonyl (C=O) groups excluding carboxylic acids is 1. The zero-order valence-corrected chi connectivity index (χ0v) is 16.4. The molecular weight excluding hydrogens is 343 g/mol. The standard InChI is InChI=1S/C22H33FN2O2/c1-2-27-14-6-9-17-10-11-18(15-20(17)23)25-22(26)21-19(12-13-24-21)16-7-4-3-5-8-16/h10-11,15-16,19,21,24H,2-9,12-14H2,1H3,(H,25,26)/t19-,21-/m0/s1. The van der Waals surface area contributed by atoms with Crippen LogP contribution in [-0.4, -0.2) is 31.7 Å². The van der Waals surface area contributed by atoms with Gasteiger partial charge in [-0.15, -0.1) is 0 Å². The van der Waals surface area contributed by atoms with Gasteiger partial charge in [0.15, 0.2) is 0 Å². The molecule has 1 aliphatic carbocycles. The molecule has 0 radical (unpaired) electrons. The summed E-state index contributed by atoms with van der Waals surface area (Å²) in [4.78, 5) is 12.8. The molecule has 2 aliphatic rings. The topological polar surface area (TPSA) is 50.4 Å². The maximum absolute atomic E-state index is 14.3. The zero-order chi connectivity index (χ0) is 19.1. The highest BCUT2D eigenvalue weighted by molar-refractivity contribution is 5.95. The lowest BCUT2D eigenvalue weighted by Gasteiger charge is -2.30. The van der Waals surface area contributed by atoms with Gasteiger partial charge in [0, 0.05) is 18.9 Å². The molecule has 1 heterocycles. The maximum Gasteiger partial charge on any atom is 0.241 e. The first-order valence-electron chi connectivity index (χ1n) is 10.6. The van der Waals surface area contributed by atoms with Gasteiger partial charge in [0.25, 0.3) is 0 Å². The number of carbonyl (C=O) groups is 1. The third-order valence-electron chi connectivity index (χ3n) is 6.07. The molecule has 3 rings (SSSR count). The van der Waals surface area contributed by atoms with Crippen molar-refractivity contribution >= 4 is 11.6 Å². The van der Waals surface area contributed by atoms with Gasteiger partial charge in [-0.05, 0) is 62.3 Å². The monoisotopic (exact) mass is 376 g/mol. The van der Waals surface area contributed by atoms with Crippen LogP contribution in [-0.2, 0) is 16.0 Å². The third kappa shape index (κ3) is 5.52. The van der Waals surface area contributed by atoms with E-state index in [9.17, 15) is 9.18 Å². The van der Waals surface area contributed by atoms with Gasteiger partial charge in [-0.25, -0.2) is 4.39 Å². The van der Waals surface area contributed by atoms with Crippen LogP contribution in [0.4, 0.5) is 10.1 Å². The minimum atomic E-state index is -0.257. The molecule has 4 nitrogen and oxygen atoms in total. The lowest BCUT2D eigenvalue weighted by Crippen LogP contribution is -2.42. The molecule has 150 valence electrons. The molecule has 1 aliphatic heterocycles. The molecule has 2 fully saturated rings. The lowest BCUT2D eigenvalue weighted by molar-refractivity contribution is -0.119. The van der Waals surface area contributed by atoms with Gasteiger partial charge >= 0.3 is 0 Å². The van der Waals surface area contributed by atoms with Crippen molar-refractivity contribution in [2.45, 2.75) is 64.3 Å². The fraction of sp³-hybridized carbons (Fsp3) is 0.682. The van der Waals surface area contributed by atoms with Gasteiger partial charge in [-0.1, -0.05) is 38.2 Å². The number of hydrogen-bond donors (Lipinski definition) is 2. The first kappa shape index (κ1) is 20.3. The summed E-state index contributed by atoms with van der Waals surface area (Å²) < 4.78 is 19.6. The summed E-state index contributed by atoms with van der Waals surface area (Å²) in [6.45, 7) is 4.18. The maximum atomic E-state index is 14.3. The van der Waals surface area contributed by atoms with Crippen molar-refractivity contribution in [3.63, 3.8) is 0 Å². The van der Waals surface area contributed by atoms with Gasteiger partial charge in [-0.2, -0.15) is 0 Å². The summed E-state index contributed by atoms with van der Waals surface area (Å²) in [7, 11) is 0. The molecule has 5 heteroatoms. The van der Waals surface area contributed by atoms with Crippen LogP contribution in [0.2, 0.25) is 0 Å². The first-order chi connectivity index (χ1) is 13.2. The van der Waals surface area contributed by atoms with E-state index in [1.54, 1.807) is 6.07 Å². The Labute approximate surface area is 162 Å². The molecule has 1 amide bonds. The van der Waals surface area contributed by atoms with Crippen molar-refractivity contribution in [1.29, 1.82) is 0 Å². The van der Waals surface area contributed by atoms with E-state index in [1.165, 1.54) is 38.2 Å².